The standard InChI is InChI=1S/C13H24N2O2/c1-15(10-13(17)7-2-3-8-13)11(16)12(9-14)5-4-6-12/h17H,2-10,14H2,1H3. The zero-order valence-corrected chi connectivity index (χ0v) is 10.7. The van der Waals surface area contributed by atoms with E-state index in [1.165, 1.54) is 0 Å². The van der Waals surface area contributed by atoms with Gasteiger partial charge in [-0.25, -0.2) is 0 Å². The highest BCUT2D eigenvalue weighted by atomic mass is 16.3. The first-order valence-electron chi connectivity index (χ1n) is 6.69. The van der Waals surface area contributed by atoms with E-state index in [1.807, 2.05) is 0 Å². The van der Waals surface area contributed by atoms with Crippen molar-refractivity contribution >= 4 is 5.91 Å². The van der Waals surface area contributed by atoms with Crippen molar-refractivity contribution in [1.29, 1.82) is 0 Å². The van der Waals surface area contributed by atoms with Crippen molar-refractivity contribution < 1.29 is 9.90 Å². The Bertz CT molecular complexity index is 288. The van der Waals surface area contributed by atoms with Gasteiger partial charge in [0.2, 0.25) is 5.91 Å². The molecule has 4 heteroatoms. The topological polar surface area (TPSA) is 66.6 Å². The third-order valence-electron chi connectivity index (χ3n) is 4.57. The summed E-state index contributed by atoms with van der Waals surface area (Å²) in [6.45, 7) is 0.905. The van der Waals surface area contributed by atoms with Crippen molar-refractivity contribution in [2.75, 3.05) is 20.1 Å². The zero-order valence-electron chi connectivity index (χ0n) is 10.7. The molecule has 4 nitrogen and oxygen atoms in total. The molecule has 2 saturated carbocycles. The largest absolute Gasteiger partial charge is 0.388 e. The minimum absolute atomic E-state index is 0.131. The molecular weight excluding hydrogens is 216 g/mol. The molecule has 0 radical (unpaired) electrons. The maximum atomic E-state index is 12.3. The Labute approximate surface area is 103 Å². The third-order valence-corrected chi connectivity index (χ3v) is 4.57. The Morgan fingerprint density at radius 2 is 1.82 bits per heavy atom. The lowest BCUT2D eigenvalue weighted by Gasteiger charge is -2.43. The highest BCUT2D eigenvalue weighted by Crippen LogP contribution is 2.42. The second kappa shape index (κ2) is 4.58. The van der Waals surface area contributed by atoms with Gasteiger partial charge < -0.3 is 15.7 Å². The summed E-state index contributed by atoms with van der Waals surface area (Å²) in [5, 5.41) is 10.3. The van der Waals surface area contributed by atoms with E-state index in [-0.39, 0.29) is 11.3 Å². The van der Waals surface area contributed by atoms with E-state index in [1.54, 1.807) is 11.9 Å². The van der Waals surface area contributed by atoms with Gasteiger partial charge in [0.05, 0.1) is 11.0 Å². The molecule has 2 aliphatic carbocycles. The summed E-state index contributed by atoms with van der Waals surface area (Å²) >= 11 is 0. The minimum atomic E-state index is -0.649. The molecule has 0 bridgehead atoms. The summed E-state index contributed by atoms with van der Waals surface area (Å²) in [6.07, 6.45) is 6.69. The fourth-order valence-corrected chi connectivity index (χ4v) is 3.22. The number of likely N-dealkylation sites (N-methyl/N-ethyl adjacent to an activating group) is 1. The first-order valence-corrected chi connectivity index (χ1v) is 6.69. The Kier molecular flexibility index (Phi) is 3.46. The first-order chi connectivity index (χ1) is 8.01. The molecule has 0 heterocycles. The summed E-state index contributed by atoms with van der Waals surface area (Å²) in [4.78, 5) is 14.0. The molecule has 0 aliphatic heterocycles. The van der Waals surface area contributed by atoms with Crippen LogP contribution in [0.15, 0.2) is 0 Å². The van der Waals surface area contributed by atoms with E-state index in [4.69, 9.17) is 5.73 Å². The predicted molar refractivity (Wildman–Crippen MR) is 66.4 cm³/mol. The Balaban J connectivity index is 1.95. The van der Waals surface area contributed by atoms with E-state index in [9.17, 15) is 9.90 Å². The van der Waals surface area contributed by atoms with E-state index < -0.39 is 5.60 Å². The maximum Gasteiger partial charge on any atom is 0.229 e. The van der Waals surface area contributed by atoms with Crippen molar-refractivity contribution in [3.05, 3.63) is 0 Å². The van der Waals surface area contributed by atoms with Gasteiger partial charge >= 0.3 is 0 Å². The number of amides is 1. The fourth-order valence-electron chi connectivity index (χ4n) is 3.22. The van der Waals surface area contributed by atoms with Crippen LogP contribution in [-0.2, 0) is 4.79 Å². The molecule has 2 rings (SSSR count). The first kappa shape index (κ1) is 12.8. The van der Waals surface area contributed by atoms with E-state index >= 15 is 0 Å². The number of hydrogen-bond donors (Lipinski definition) is 2. The Hall–Kier alpha value is -0.610. The highest BCUT2D eigenvalue weighted by Gasteiger charge is 2.45. The number of rotatable bonds is 4. The van der Waals surface area contributed by atoms with Gasteiger partial charge in [0, 0.05) is 20.1 Å². The maximum absolute atomic E-state index is 12.3. The number of carbonyl (C=O) groups excluding carboxylic acids is 1. The summed E-state index contributed by atoms with van der Waals surface area (Å²) in [5.41, 5.74) is 4.77. The van der Waals surface area contributed by atoms with Crippen molar-refractivity contribution in [2.24, 2.45) is 11.1 Å². The minimum Gasteiger partial charge on any atom is -0.388 e. The van der Waals surface area contributed by atoms with Crippen LogP contribution in [0, 0.1) is 5.41 Å². The Morgan fingerprint density at radius 3 is 2.24 bits per heavy atom. The molecule has 2 aliphatic rings. The molecule has 0 aromatic carbocycles. The molecule has 0 saturated heterocycles. The molecule has 1 amide bonds. The SMILES string of the molecule is CN(CC1(O)CCCC1)C(=O)C1(CN)CCC1. The monoisotopic (exact) mass is 240 g/mol. The number of nitrogens with zero attached hydrogens (tertiary/aromatic N) is 1. The van der Waals surface area contributed by atoms with E-state index in [0.717, 1.165) is 44.9 Å². The van der Waals surface area contributed by atoms with Crippen molar-refractivity contribution in [3.63, 3.8) is 0 Å². The number of hydrogen-bond acceptors (Lipinski definition) is 3. The number of nitrogens with two attached hydrogens (primary N) is 1. The second-order valence-electron chi connectivity index (χ2n) is 5.93. The van der Waals surface area contributed by atoms with Crippen LogP contribution in [0.2, 0.25) is 0 Å². The lowest BCUT2D eigenvalue weighted by molar-refractivity contribution is -0.148. The summed E-state index contributed by atoms with van der Waals surface area (Å²) in [6, 6.07) is 0. The quantitative estimate of drug-likeness (QED) is 0.766. The molecule has 0 aromatic rings. The summed E-state index contributed by atoms with van der Waals surface area (Å²) in [5.74, 6) is 0.131. The molecule has 2 fully saturated rings. The molecular formula is C13H24N2O2. The van der Waals surface area contributed by atoms with Crippen LogP contribution in [0.25, 0.3) is 0 Å². The van der Waals surface area contributed by atoms with Crippen LogP contribution in [-0.4, -0.2) is 41.7 Å². The lowest BCUT2D eigenvalue weighted by Crippen LogP contribution is -2.53. The van der Waals surface area contributed by atoms with E-state index in [2.05, 4.69) is 0 Å². The van der Waals surface area contributed by atoms with Crippen LogP contribution in [0.3, 0.4) is 0 Å². The lowest BCUT2D eigenvalue weighted by atomic mass is 9.68. The van der Waals surface area contributed by atoms with Gasteiger partial charge in [-0.15, -0.1) is 0 Å². The smallest absolute Gasteiger partial charge is 0.229 e. The van der Waals surface area contributed by atoms with Gasteiger partial charge in [-0.1, -0.05) is 19.3 Å². The van der Waals surface area contributed by atoms with Crippen LogP contribution >= 0.6 is 0 Å². The molecule has 0 spiro atoms. The second-order valence-corrected chi connectivity index (χ2v) is 5.93. The zero-order chi connectivity index (χ0) is 12.5. The van der Waals surface area contributed by atoms with Gasteiger partial charge in [0.1, 0.15) is 0 Å². The average Bonchev–Trinajstić information content (AvgIpc) is 2.64. The average molecular weight is 240 g/mol. The van der Waals surface area contributed by atoms with Crippen LogP contribution in [0.1, 0.15) is 44.9 Å². The van der Waals surface area contributed by atoms with Crippen LogP contribution in [0.5, 0.6) is 0 Å². The molecule has 0 aromatic heterocycles. The van der Waals surface area contributed by atoms with Crippen LogP contribution in [0.4, 0.5) is 0 Å². The van der Waals surface area contributed by atoms with Gasteiger partial charge in [0.15, 0.2) is 0 Å². The van der Waals surface area contributed by atoms with Gasteiger partial charge in [-0.2, -0.15) is 0 Å². The molecule has 17 heavy (non-hydrogen) atoms. The molecule has 0 atom stereocenters. The van der Waals surface area contributed by atoms with Gasteiger partial charge in [0.25, 0.3) is 0 Å². The van der Waals surface area contributed by atoms with Gasteiger partial charge in [-0.3, -0.25) is 4.79 Å². The van der Waals surface area contributed by atoms with Gasteiger partial charge in [-0.05, 0) is 25.7 Å². The summed E-state index contributed by atoms with van der Waals surface area (Å²) in [7, 11) is 1.80. The number of carbonyl (C=O) groups is 1. The van der Waals surface area contributed by atoms with Crippen molar-refractivity contribution in [2.45, 2.75) is 50.5 Å². The molecule has 0 unspecified atom stereocenters. The third kappa shape index (κ3) is 2.33. The van der Waals surface area contributed by atoms with Crippen LogP contribution < -0.4 is 5.73 Å². The van der Waals surface area contributed by atoms with Crippen molar-refractivity contribution in [3.8, 4) is 0 Å². The summed E-state index contributed by atoms with van der Waals surface area (Å²) < 4.78 is 0. The molecule has 3 N–H and O–H groups in total. The fraction of sp³-hybridized carbons (Fsp3) is 0.923. The number of aliphatic hydroxyl groups is 1. The Morgan fingerprint density at radius 1 is 1.24 bits per heavy atom. The highest BCUT2D eigenvalue weighted by molar-refractivity contribution is 5.83. The van der Waals surface area contributed by atoms with E-state index in [0.29, 0.717) is 13.1 Å². The normalized spacial score (nSPS) is 25.4. The predicted octanol–water partition coefficient (Wildman–Crippen LogP) is 0.879. The van der Waals surface area contributed by atoms with Crippen molar-refractivity contribution in [1.82, 2.24) is 4.90 Å². The molecule has 98 valence electrons.